The molecule has 2 saturated heterocycles. The molecule has 1 aromatic rings. The molecular formula is C17H26N4O5S. The third-order valence-electron chi connectivity index (χ3n) is 5.41. The molecule has 10 heteroatoms. The third kappa shape index (κ3) is 3.86. The molecule has 0 bridgehead atoms. The van der Waals surface area contributed by atoms with E-state index in [1.165, 1.54) is 11.2 Å². The van der Waals surface area contributed by atoms with Gasteiger partial charge < -0.3 is 14.3 Å². The molecule has 2 fully saturated rings. The fourth-order valence-corrected chi connectivity index (χ4v) is 5.58. The van der Waals surface area contributed by atoms with Crippen LogP contribution in [0, 0.1) is 19.8 Å². The summed E-state index contributed by atoms with van der Waals surface area (Å²) < 4.78 is 32.1. The number of piperazine rings is 1. The number of aromatic nitrogens is 1. The zero-order chi connectivity index (χ0) is 19.8. The minimum atomic E-state index is -3.66. The standard InChI is InChI=1S/C17H26N4O5S/c1-12-16(13(2)26-18-12)27(24,25)21-6-4-15(5-7-21)17(23)20-10-8-19(9-11-20)14(3)22/h15H,4-11H2,1-3H3. The van der Waals surface area contributed by atoms with Gasteiger partial charge in [-0.1, -0.05) is 5.16 Å². The van der Waals surface area contributed by atoms with Crippen LogP contribution < -0.4 is 0 Å². The van der Waals surface area contributed by atoms with Crippen molar-refractivity contribution in [2.24, 2.45) is 5.92 Å². The molecule has 2 aliphatic rings. The van der Waals surface area contributed by atoms with Gasteiger partial charge in [0.1, 0.15) is 10.6 Å². The molecule has 27 heavy (non-hydrogen) atoms. The summed E-state index contributed by atoms with van der Waals surface area (Å²) in [5, 5.41) is 3.73. The van der Waals surface area contributed by atoms with Crippen molar-refractivity contribution >= 4 is 21.8 Å². The summed E-state index contributed by atoms with van der Waals surface area (Å²) in [6.07, 6.45) is 0.989. The van der Waals surface area contributed by atoms with E-state index in [1.807, 2.05) is 0 Å². The van der Waals surface area contributed by atoms with E-state index >= 15 is 0 Å². The second kappa shape index (κ2) is 7.59. The van der Waals surface area contributed by atoms with Gasteiger partial charge in [-0.05, 0) is 26.7 Å². The highest BCUT2D eigenvalue weighted by Crippen LogP contribution is 2.28. The number of carbonyl (C=O) groups excluding carboxylic acids is 2. The Morgan fingerprint density at radius 2 is 1.56 bits per heavy atom. The molecule has 1 aromatic heterocycles. The Morgan fingerprint density at radius 3 is 2.04 bits per heavy atom. The topological polar surface area (TPSA) is 104 Å². The number of carbonyl (C=O) groups is 2. The second-order valence-electron chi connectivity index (χ2n) is 7.16. The van der Waals surface area contributed by atoms with Gasteiger partial charge in [0.2, 0.25) is 21.8 Å². The zero-order valence-corrected chi connectivity index (χ0v) is 16.8. The lowest BCUT2D eigenvalue weighted by molar-refractivity contribution is -0.142. The fourth-order valence-electron chi connectivity index (χ4n) is 3.82. The first-order chi connectivity index (χ1) is 12.7. The smallest absolute Gasteiger partial charge is 0.248 e. The van der Waals surface area contributed by atoms with Crippen molar-refractivity contribution in [3.8, 4) is 0 Å². The van der Waals surface area contributed by atoms with Crippen LogP contribution in [-0.4, -0.2) is 78.8 Å². The Morgan fingerprint density at radius 1 is 1.00 bits per heavy atom. The molecule has 9 nitrogen and oxygen atoms in total. The molecule has 0 aliphatic carbocycles. The van der Waals surface area contributed by atoms with Gasteiger partial charge in [-0.15, -0.1) is 0 Å². The van der Waals surface area contributed by atoms with Crippen LogP contribution in [0.25, 0.3) is 0 Å². The highest BCUT2D eigenvalue weighted by molar-refractivity contribution is 7.89. The first-order valence-electron chi connectivity index (χ1n) is 9.19. The molecular weight excluding hydrogens is 372 g/mol. The maximum Gasteiger partial charge on any atom is 0.248 e. The van der Waals surface area contributed by atoms with Gasteiger partial charge in [0, 0.05) is 52.1 Å². The van der Waals surface area contributed by atoms with Crippen molar-refractivity contribution in [1.29, 1.82) is 0 Å². The molecule has 0 aromatic carbocycles. The van der Waals surface area contributed by atoms with Gasteiger partial charge in [-0.3, -0.25) is 9.59 Å². The van der Waals surface area contributed by atoms with E-state index in [-0.39, 0.29) is 28.4 Å². The summed E-state index contributed by atoms with van der Waals surface area (Å²) in [6.45, 7) is 7.52. The molecule has 0 radical (unpaired) electrons. The highest BCUT2D eigenvalue weighted by Gasteiger charge is 2.37. The minimum absolute atomic E-state index is 0.0277. The Kier molecular flexibility index (Phi) is 5.57. The highest BCUT2D eigenvalue weighted by atomic mass is 32.2. The van der Waals surface area contributed by atoms with Crippen molar-refractivity contribution in [3.63, 3.8) is 0 Å². The third-order valence-corrected chi connectivity index (χ3v) is 7.55. The lowest BCUT2D eigenvalue weighted by atomic mass is 9.96. The summed E-state index contributed by atoms with van der Waals surface area (Å²) in [5.41, 5.74) is 0.356. The predicted molar refractivity (Wildman–Crippen MR) is 96.3 cm³/mol. The maximum atomic E-state index is 12.9. The van der Waals surface area contributed by atoms with Gasteiger partial charge in [-0.2, -0.15) is 4.31 Å². The Hall–Kier alpha value is -1.94. The van der Waals surface area contributed by atoms with E-state index in [9.17, 15) is 18.0 Å². The van der Waals surface area contributed by atoms with Crippen molar-refractivity contribution < 1.29 is 22.5 Å². The van der Waals surface area contributed by atoms with E-state index in [0.29, 0.717) is 57.8 Å². The van der Waals surface area contributed by atoms with E-state index in [1.54, 1.807) is 23.6 Å². The first-order valence-corrected chi connectivity index (χ1v) is 10.6. The number of sulfonamides is 1. The van der Waals surface area contributed by atoms with Gasteiger partial charge in [0.15, 0.2) is 5.76 Å². The van der Waals surface area contributed by atoms with Crippen LogP contribution >= 0.6 is 0 Å². The van der Waals surface area contributed by atoms with Crippen LogP contribution in [0.1, 0.15) is 31.2 Å². The molecule has 3 rings (SSSR count). The van der Waals surface area contributed by atoms with Crippen LogP contribution in [0.15, 0.2) is 9.42 Å². The summed E-state index contributed by atoms with van der Waals surface area (Å²) in [5.74, 6) is 0.201. The monoisotopic (exact) mass is 398 g/mol. The van der Waals surface area contributed by atoms with E-state index in [4.69, 9.17) is 4.52 Å². The Bertz CT molecular complexity index is 799. The quantitative estimate of drug-likeness (QED) is 0.729. The Balaban J connectivity index is 1.59. The van der Waals surface area contributed by atoms with Crippen molar-refractivity contribution in [2.75, 3.05) is 39.3 Å². The Labute approximate surface area is 159 Å². The van der Waals surface area contributed by atoms with Crippen molar-refractivity contribution in [2.45, 2.75) is 38.5 Å². The number of rotatable bonds is 3. The number of amides is 2. The SMILES string of the molecule is CC(=O)N1CCN(C(=O)C2CCN(S(=O)(=O)c3c(C)noc3C)CC2)CC1. The van der Waals surface area contributed by atoms with E-state index in [2.05, 4.69) is 5.16 Å². The molecule has 0 atom stereocenters. The van der Waals surface area contributed by atoms with Crippen LogP contribution in [0.2, 0.25) is 0 Å². The maximum absolute atomic E-state index is 12.9. The van der Waals surface area contributed by atoms with Crippen molar-refractivity contribution in [3.05, 3.63) is 11.5 Å². The molecule has 0 saturated carbocycles. The second-order valence-corrected chi connectivity index (χ2v) is 9.04. The van der Waals surface area contributed by atoms with Gasteiger partial charge in [0.25, 0.3) is 0 Å². The first kappa shape index (κ1) is 19.8. The molecule has 2 amide bonds. The average molecular weight is 398 g/mol. The summed E-state index contributed by atoms with van der Waals surface area (Å²) >= 11 is 0. The van der Waals surface area contributed by atoms with Crippen LogP contribution in [0.4, 0.5) is 0 Å². The van der Waals surface area contributed by atoms with Crippen molar-refractivity contribution in [1.82, 2.24) is 19.3 Å². The van der Waals surface area contributed by atoms with Gasteiger partial charge >= 0.3 is 0 Å². The number of hydrogen-bond acceptors (Lipinski definition) is 6. The van der Waals surface area contributed by atoms with Gasteiger partial charge in [0.05, 0.1) is 0 Å². The number of piperidine rings is 1. The molecule has 0 N–H and O–H groups in total. The lowest BCUT2D eigenvalue weighted by Gasteiger charge is -2.38. The van der Waals surface area contributed by atoms with Crippen LogP contribution in [-0.2, 0) is 19.6 Å². The number of hydrogen-bond donors (Lipinski definition) is 0. The minimum Gasteiger partial charge on any atom is -0.360 e. The number of nitrogens with zero attached hydrogens (tertiary/aromatic N) is 4. The van der Waals surface area contributed by atoms with Gasteiger partial charge in [-0.25, -0.2) is 8.42 Å². The fraction of sp³-hybridized carbons (Fsp3) is 0.706. The molecule has 3 heterocycles. The number of aryl methyl sites for hydroxylation is 2. The molecule has 0 spiro atoms. The molecule has 150 valence electrons. The normalized spacial score (nSPS) is 20.1. The summed E-state index contributed by atoms with van der Waals surface area (Å²) in [6, 6.07) is 0. The predicted octanol–water partition coefficient (Wildman–Crippen LogP) is 0.383. The van der Waals surface area contributed by atoms with E-state index < -0.39 is 10.0 Å². The largest absolute Gasteiger partial charge is 0.360 e. The summed E-state index contributed by atoms with van der Waals surface area (Å²) in [4.78, 5) is 27.8. The lowest BCUT2D eigenvalue weighted by Crippen LogP contribution is -2.52. The average Bonchev–Trinajstić information content (AvgIpc) is 3.00. The molecule has 2 aliphatic heterocycles. The van der Waals surface area contributed by atoms with Crippen LogP contribution in [0.5, 0.6) is 0 Å². The molecule has 0 unspecified atom stereocenters. The zero-order valence-electron chi connectivity index (χ0n) is 16.0. The van der Waals surface area contributed by atoms with Crippen LogP contribution in [0.3, 0.4) is 0 Å². The van der Waals surface area contributed by atoms with E-state index in [0.717, 1.165) is 0 Å². The summed E-state index contributed by atoms with van der Waals surface area (Å²) in [7, 11) is -3.66.